The van der Waals surface area contributed by atoms with E-state index in [2.05, 4.69) is 27.4 Å². The van der Waals surface area contributed by atoms with Crippen LogP contribution in [0, 0.1) is 0 Å². The smallest absolute Gasteiger partial charge is 0.236 e. The third-order valence-corrected chi connectivity index (χ3v) is 5.23. The molecule has 2 unspecified atom stereocenters. The predicted octanol–water partition coefficient (Wildman–Crippen LogP) is 1.35. The molecule has 2 saturated heterocycles. The number of nitrogens with one attached hydrogen (secondary N) is 2. The third-order valence-electron chi connectivity index (χ3n) is 5.23. The highest BCUT2D eigenvalue weighted by atomic mass is 16.2. The number of rotatable bonds is 5. The lowest BCUT2D eigenvalue weighted by atomic mass is 9.76. The Hall–Kier alpha value is -1.95. The van der Waals surface area contributed by atoms with Gasteiger partial charge in [0.1, 0.15) is 5.82 Å². The van der Waals surface area contributed by atoms with Crippen LogP contribution < -0.4 is 15.5 Å². The predicted molar refractivity (Wildman–Crippen MR) is 92.9 cm³/mol. The average Bonchev–Trinajstić information content (AvgIpc) is 3.11. The van der Waals surface area contributed by atoms with E-state index in [1.807, 2.05) is 19.1 Å². The van der Waals surface area contributed by atoms with Gasteiger partial charge in [-0.15, -0.1) is 0 Å². The van der Waals surface area contributed by atoms with Gasteiger partial charge in [0.25, 0.3) is 0 Å². The Morgan fingerprint density at radius 3 is 2.79 bits per heavy atom. The number of pyridine rings is 1. The van der Waals surface area contributed by atoms with Gasteiger partial charge in [0, 0.05) is 31.7 Å². The molecule has 0 spiro atoms. The number of aromatic nitrogens is 1. The molecule has 3 heterocycles. The van der Waals surface area contributed by atoms with Crippen LogP contribution in [0.4, 0.5) is 5.82 Å². The van der Waals surface area contributed by atoms with Gasteiger partial charge in [0.05, 0.1) is 5.41 Å². The van der Waals surface area contributed by atoms with Crippen LogP contribution in [-0.2, 0) is 15.0 Å². The highest BCUT2D eigenvalue weighted by Crippen LogP contribution is 2.32. The molecule has 2 aliphatic rings. The van der Waals surface area contributed by atoms with E-state index in [1.165, 1.54) is 0 Å². The minimum atomic E-state index is -0.677. The third kappa shape index (κ3) is 3.15. The molecule has 2 atom stereocenters. The summed E-state index contributed by atoms with van der Waals surface area (Å²) in [6.07, 6.45) is 4.91. The van der Waals surface area contributed by atoms with Gasteiger partial charge in [-0.2, -0.15) is 0 Å². The fourth-order valence-electron chi connectivity index (χ4n) is 3.59. The van der Waals surface area contributed by atoms with Crippen LogP contribution in [-0.4, -0.2) is 42.5 Å². The first-order valence-corrected chi connectivity index (χ1v) is 8.83. The van der Waals surface area contributed by atoms with E-state index in [1.54, 1.807) is 6.20 Å². The van der Waals surface area contributed by atoms with Crippen molar-refractivity contribution in [3.05, 3.63) is 23.9 Å². The Balaban J connectivity index is 1.81. The van der Waals surface area contributed by atoms with Crippen LogP contribution >= 0.6 is 0 Å². The second kappa shape index (κ2) is 6.89. The van der Waals surface area contributed by atoms with E-state index in [0.717, 1.165) is 43.9 Å². The van der Waals surface area contributed by atoms with Crippen LogP contribution in [0.5, 0.6) is 0 Å². The van der Waals surface area contributed by atoms with Crippen LogP contribution in [0.15, 0.2) is 18.3 Å². The van der Waals surface area contributed by atoms with Gasteiger partial charge in [0.2, 0.25) is 11.8 Å². The normalized spacial score (nSPS) is 27.2. The Kier molecular flexibility index (Phi) is 4.85. The molecule has 2 amide bonds. The first kappa shape index (κ1) is 16.9. The van der Waals surface area contributed by atoms with Crippen LogP contribution in [0.1, 0.15) is 45.1 Å². The maximum absolute atomic E-state index is 12.3. The van der Waals surface area contributed by atoms with Gasteiger partial charge in [-0.05, 0) is 44.4 Å². The summed E-state index contributed by atoms with van der Waals surface area (Å²) in [6.45, 7) is 7.08. The van der Waals surface area contributed by atoms with E-state index in [0.29, 0.717) is 18.9 Å². The number of piperidine rings is 1. The summed E-state index contributed by atoms with van der Waals surface area (Å²) in [5.41, 5.74) is 0.196. The Labute approximate surface area is 143 Å². The maximum atomic E-state index is 12.3. The molecule has 2 fully saturated rings. The quantitative estimate of drug-likeness (QED) is 0.797. The van der Waals surface area contributed by atoms with Crippen molar-refractivity contribution in [1.29, 1.82) is 0 Å². The number of carbonyl (C=O) groups is 2. The highest BCUT2D eigenvalue weighted by Gasteiger charge is 2.40. The lowest BCUT2D eigenvalue weighted by Gasteiger charge is -2.33. The van der Waals surface area contributed by atoms with Gasteiger partial charge in [-0.25, -0.2) is 4.98 Å². The molecule has 6 heteroatoms. The molecule has 0 saturated carbocycles. The van der Waals surface area contributed by atoms with Gasteiger partial charge < -0.3 is 10.2 Å². The SMILES string of the molecule is CCCN(c1ccc(C2(C)CCC(=O)NC2=O)cn1)C1CCNC1. The fourth-order valence-corrected chi connectivity index (χ4v) is 3.59. The van der Waals surface area contributed by atoms with E-state index < -0.39 is 5.41 Å². The first-order valence-electron chi connectivity index (χ1n) is 8.83. The number of amides is 2. The summed E-state index contributed by atoms with van der Waals surface area (Å²) < 4.78 is 0. The van der Waals surface area contributed by atoms with Gasteiger partial charge in [-0.3, -0.25) is 14.9 Å². The minimum absolute atomic E-state index is 0.190. The van der Waals surface area contributed by atoms with E-state index in [-0.39, 0.29) is 11.8 Å². The summed E-state index contributed by atoms with van der Waals surface area (Å²) in [6, 6.07) is 4.48. The summed E-state index contributed by atoms with van der Waals surface area (Å²) >= 11 is 0. The van der Waals surface area contributed by atoms with Crippen molar-refractivity contribution in [3.8, 4) is 0 Å². The Morgan fingerprint density at radius 1 is 1.38 bits per heavy atom. The molecular formula is C18H26N4O2. The number of hydrogen-bond acceptors (Lipinski definition) is 5. The van der Waals surface area contributed by atoms with Crippen molar-refractivity contribution in [2.24, 2.45) is 0 Å². The lowest BCUT2D eigenvalue weighted by Crippen LogP contribution is -2.49. The summed E-state index contributed by atoms with van der Waals surface area (Å²) in [4.78, 5) is 30.7. The molecule has 0 aromatic carbocycles. The van der Waals surface area contributed by atoms with Crippen molar-refractivity contribution in [3.63, 3.8) is 0 Å². The zero-order valence-corrected chi connectivity index (χ0v) is 14.5. The largest absolute Gasteiger partial charge is 0.352 e. The number of imide groups is 1. The van der Waals surface area contributed by atoms with Crippen LogP contribution in [0.25, 0.3) is 0 Å². The van der Waals surface area contributed by atoms with Crippen molar-refractivity contribution < 1.29 is 9.59 Å². The molecule has 0 radical (unpaired) electrons. The monoisotopic (exact) mass is 330 g/mol. The Morgan fingerprint density at radius 2 is 2.21 bits per heavy atom. The van der Waals surface area contributed by atoms with Gasteiger partial charge in [0.15, 0.2) is 0 Å². The average molecular weight is 330 g/mol. The fraction of sp³-hybridized carbons (Fsp3) is 0.611. The molecule has 1 aromatic rings. The molecule has 2 N–H and O–H groups in total. The van der Waals surface area contributed by atoms with Gasteiger partial charge >= 0.3 is 0 Å². The van der Waals surface area contributed by atoms with Crippen LogP contribution in [0.2, 0.25) is 0 Å². The van der Waals surface area contributed by atoms with Crippen molar-refractivity contribution >= 4 is 17.6 Å². The molecule has 0 bridgehead atoms. The number of anilines is 1. The second-order valence-electron chi connectivity index (χ2n) is 6.95. The van der Waals surface area contributed by atoms with Crippen molar-refractivity contribution in [2.75, 3.05) is 24.5 Å². The number of hydrogen-bond donors (Lipinski definition) is 2. The van der Waals surface area contributed by atoms with E-state index in [9.17, 15) is 9.59 Å². The van der Waals surface area contributed by atoms with Crippen LogP contribution in [0.3, 0.4) is 0 Å². The zero-order valence-electron chi connectivity index (χ0n) is 14.5. The molecule has 6 nitrogen and oxygen atoms in total. The molecule has 3 rings (SSSR count). The van der Waals surface area contributed by atoms with Gasteiger partial charge in [-0.1, -0.05) is 13.0 Å². The summed E-state index contributed by atoms with van der Waals surface area (Å²) in [5, 5.41) is 5.85. The number of carbonyl (C=O) groups excluding carboxylic acids is 2. The first-order chi connectivity index (χ1) is 11.5. The summed E-state index contributed by atoms with van der Waals surface area (Å²) in [5.74, 6) is 0.550. The second-order valence-corrected chi connectivity index (χ2v) is 6.95. The van der Waals surface area contributed by atoms with Crippen molar-refractivity contribution in [1.82, 2.24) is 15.6 Å². The molecule has 130 valence electrons. The molecular weight excluding hydrogens is 304 g/mol. The van der Waals surface area contributed by atoms with E-state index >= 15 is 0 Å². The van der Waals surface area contributed by atoms with E-state index in [4.69, 9.17) is 0 Å². The standard InChI is InChI=1S/C18H26N4O2/c1-3-10-22(14-7-9-19-12-14)15-5-4-13(11-20-15)18(2)8-6-16(23)21-17(18)24/h4-5,11,14,19H,3,6-10,12H2,1-2H3,(H,21,23,24). The minimum Gasteiger partial charge on any atom is -0.352 e. The molecule has 0 aliphatic carbocycles. The topological polar surface area (TPSA) is 74.3 Å². The lowest BCUT2D eigenvalue weighted by molar-refractivity contribution is -0.137. The highest BCUT2D eigenvalue weighted by molar-refractivity contribution is 6.03. The Bertz CT molecular complexity index is 610. The number of nitrogens with zero attached hydrogens (tertiary/aromatic N) is 2. The molecule has 24 heavy (non-hydrogen) atoms. The maximum Gasteiger partial charge on any atom is 0.236 e. The molecule has 1 aromatic heterocycles. The van der Waals surface area contributed by atoms with Crippen molar-refractivity contribution in [2.45, 2.75) is 51.0 Å². The zero-order chi connectivity index (χ0) is 17.2. The molecule has 2 aliphatic heterocycles. The summed E-state index contributed by atoms with van der Waals surface area (Å²) in [7, 11) is 0.